The van der Waals surface area contributed by atoms with Gasteiger partial charge in [-0.3, -0.25) is 4.79 Å². The molecular weight excluding hydrogens is 431 g/mol. The van der Waals surface area contributed by atoms with Crippen molar-refractivity contribution >= 4 is 27.5 Å². The number of nitrogens with zero attached hydrogens (tertiary/aromatic N) is 3. The van der Waals surface area contributed by atoms with Crippen LogP contribution >= 0.6 is 11.6 Å². The summed E-state index contributed by atoms with van der Waals surface area (Å²) in [5.41, 5.74) is 0.613. The summed E-state index contributed by atoms with van der Waals surface area (Å²) in [5.74, 6) is -0.414. The summed E-state index contributed by atoms with van der Waals surface area (Å²) in [6.07, 6.45) is 3.30. The Balaban J connectivity index is 1.80. The number of carbonyl (C=O) groups is 1. The summed E-state index contributed by atoms with van der Waals surface area (Å²) in [7, 11) is -0.793. The first-order valence-corrected chi connectivity index (χ1v) is 10.7. The van der Waals surface area contributed by atoms with Crippen LogP contribution in [0.25, 0.3) is 0 Å². The minimum atomic E-state index is -3.88. The number of sulfonamides is 1. The van der Waals surface area contributed by atoms with E-state index < -0.39 is 34.3 Å². The first kappa shape index (κ1) is 21.9. The van der Waals surface area contributed by atoms with Gasteiger partial charge in [-0.05, 0) is 42.0 Å². The molecule has 0 aliphatic carbocycles. The van der Waals surface area contributed by atoms with E-state index >= 15 is 0 Å². The maximum absolute atomic E-state index is 13.3. The molecule has 0 saturated heterocycles. The zero-order valence-corrected chi connectivity index (χ0v) is 17.9. The van der Waals surface area contributed by atoms with Crippen LogP contribution < -0.4 is 5.32 Å². The van der Waals surface area contributed by atoms with E-state index in [1.807, 2.05) is 0 Å². The van der Waals surface area contributed by atoms with Gasteiger partial charge in [0.1, 0.15) is 17.7 Å². The lowest BCUT2D eigenvalue weighted by atomic mass is 10.1. The Morgan fingerprint density at radius 2 is 1.83 bits per heavy atom. The molecule has 0 aliphatic heterocycles. The lowest BCUT2D eigenvalue weighted by molar-refractivity contribution is -0.121. The third kappa shape index (κ3) is 4.86. The zero-order chi connectivity index (χ0) is 21.9. The number of aromatic nitrogens is 2. The second-order valence-electron chi connectivity index (χ2n) is 6.66. The average Bonchev–Trinajstić information content (AvgIpc) is 3.13. The smallest absolute Gasteiger partial charge is 0.243 e. The van der Waals surface area contributed by atoms with Gasteiger partial charge in [0.2, 0.25) is 15.9 Å². The minimum Gasteiger partial charge on any atom is -0.341 e. The van der Waals surface area contributed by atoms with Crippen LogP contribution in [0.4, 0.5) is 4.39 Å². The van der Waals surface area contributed by atoms with Crippen molar-refractivity contribution in [1.82, 2.24) is 19.2 Å². The SMILES string of the molecule is CN(CC(=O)NC(c1ccc(F)cc1)c1nccn1C)S(=O)(=O)c1ccc(Cl)cc1. The minimum absolute atomic E-state index is 0.0291. The maximum Gasteiger partial charge on any atom is 0.243 e. The molecule has 0 spiro atoms. The predicted molar refractivity (Wildman–Crippen MR) is 111 cm³/mol. The Hall–Kier alpha value is -2.75. The van der Waals surface area contributed by atoms with Crippen molar-refractivity contribution < 1.29 is 17.6 Å². The van der Waals surface area contributed by atoms with Gasteiger partial charge in [-0.1, -0.05) is 23.7 Å². The number of aryl methyl sites for hydroxylation is 1. The summed E-state index contributed by atoms with van der Waals surface area (Å²) < 4.78 is 41.4. The van der Waals surface area contributed by atoms with E-state index in [9.17, 15) is 17.6 Å². The largest absolute Gasteiger partial charge is 0.341 e. The van der Waals surface area contributed by atoms with Gasteiger partial charge < -0.3 is 9.88 Å². The summed E-state index contributed by atoms with van der Waals surface area (Å²) in [4.78, 5) is 17.0. The Morgan fingerprint density at radius 3 is 2.40 bits per heavy atom. The molecule has 0 bridgehead atoms. The molecule has 7 nitrogen and oxygen atoms in total. The lowest BCUT2D eigenvalue weighted by Crippen LogP contribution is -2.40. The van der Waals surface area contributed by atoms with E-state index in [0.29, 0.717) is 16.4 Å². The van der Waals surface area contributed by atoms with Crippen LogP contribution in [-0.2, 0) is 21.9 Å². The number of nitrogens with one attached hydrogen (secondary N) is 1. The predicted octanol–water partition coefficient (Wildman–Crippen LogP) is 2.74. The number of hydrogen-bond acceptors (Lipinski definition) is 4. The van der Waals surface area contributed by atoms with Gasteiger partial charge in [0, 0.05) is 31.5 Å². The van der Waals surface area contributed by atoms with Crippen molar-refractivity contribution in [1.29, 1.82) is 0 Å². The molecule has 0 aliphatic rings. The molecule has 1 aromatic heterocycles. The van der Waals surface area contributed by atoms with Crippen LogP contribution in [0.3, 0.4) is 0 Å². The third-order valence-electron chi connectivity index (χ3n) is 4.51. The van der Waals surface area contributed by atoms with Gasteiger partial charge in [-0.15, -0.1) is 0 Å². The molecule has 1 N–H and O–H groups in total. The number of likely N-dealkylation sites (N-methyl/N-ethyl adjacent to an activating group) is 1. The summed E-state index contributed by atoms with van der Waals surface area (Å²) >= 11 is 5.81. The molecule has 1 heterocycles. The molecule has 0 radical (unpaired) electrons. The van der Waals surface area contributed by atoms with Crippen LogP contribution in [0.5, 0.6) is 0 Å². The number of amides is 1. The number of halogens is 2. The third-order valence-corrected chi connectivity index (χ3v) is 6.58. The normalized spacial score (nSPS) is 12.7. The Labute approximate surface area is 179 Å². The van der Waals surface area contributed by atoms with Gasteiger partial charge in [-0.25, -0.2) is 17.8 Å². The van der Waals surface area contributed by atoms with Gasteiger partial charge in [0.15, 0.2) is 0 Å². The van der Waals surface area contributed by atoms with Crippen LogP contribution in [0.2, 0.25) is 5.02 Å². The van der Waals surface area contributed by atoms with Crippen molar-refractivity contribution in [3.63, 3.8) is 0 Å². The van der Waals surface area contributed by atoms with Gasteiger partial charge in [0.05, 0.1) is 11.4 Å². The molecule has 0 fully saturated rings. The van der Waals surface area contributed by atoms with Gasteiger partial charge in [-0.2, -0.15) is 4.31 Å². The lowest BCUT2D eigenvalue weighted by Gasteiger charge is -2.22. The molecule has 3 rings (SSSR count). The zero-order valence-electron chi connectivity index (χ0n) is 16.3. The molecule has 1 atom stereocenters. The van der Waals surface area contributed by atoms with E-state index in [4.69, 9.17) is 11.6 Å². The van der Waals surface area contributed by atoms with Crippen LogP contribution in [0.1, 0.15) is 17.4 Å². The van der Waals surface area contributed by atoms with E-state index in [-0.39, 0.29) is 4.90 Å². The number of hydrogen-bond donors (Lipinski definition) is 1. The topological polar surface area (TPSA) is 84.3 Å². The first-order chi connectivity index (χ1) is 14.2. The molecule has 30 heavy (non-hydrogen) atoms. The highest BCUT2D eigenvalue weighted by atomic mass is 35.5. The van der Waals surface area contributed by atoms with Gasteiger partial charge >= 0.3 is 0 Å². The summed E-state index contributed by atoms with van der Waals surface area (Å²) in [6.45, 7) is -0.410. The standard InChI is InChI=1S/C20H20ClFN4O3S/c1-25-12-11-23-20(25)19(14-3-7-16(22)8-4-14)24-18(27)13-26(2)30(28,29)17-9-5-15(21)6-10-17/h3-12,19H,13H2,1-2H3,(H,24,27). The Kier molecular flexibility index (Phi) is 6.55. The molecule has 158 valence electrons. The van der Waals surface area contributed by atoms with Gasteiger partial charge in [0.25, 0.3) is 0 Å². The number of carbonyl (C=O) groups excluding carboxylic acids is 1. The average molecular weight is 451 g/mol. The van der Waals surface area contributed by atoms with Crippen LogP contribution in [-0.4, -0.2) is 41.8 Å². The summed E-state index contributed by atoms with van der Waals surface area (Å²) in [6, 6.07) is 10.7. The highest BCUT2D eigenvalue weighted by Crippen LogP contribution is 2.21. The number of benzene rings is 2. The van der Waals surface area contributed by atoms with Crippen LogP contribution in [0.15, 0.2) is 65.8 Å². The molecule has 10 heteroatoms. The Morgan fingerprint density at radius 1 is 1.20 bits per heavy atom. The molecule has 1 unspecified atom stereocenters. The fourth-order valence-corrected chi connectivity index (χ4v) is 4.14. The van der Waals surface area contributed by atoms with E-state index in [0.717, 1.165) is 4.31 Å². The fraction of sp³-hybridized carbons (Fsp3) is 0.200. The second-order valence-corrected chi connectivity index (χ2v) is 9.14. The van der Waals surface area contributed by atoms with Crippen molar-refractivity contribution in [3.8, 4) is 0 Å². The van der Waals surface area contributed by atoms with Crippen molar-refractivity contribution in [2.75, 3.05) is 13.6 Å². The second kappa shape index (κ2) is 8.95. The number of imidazole rings is 1. The van der Waals surface area contributed by atoms with Crippen molar-refractivity contribution in [2.24, 2.45) is 7.05 Å². The molecule has 1 amide bonds. The fourth-order valence-electron chi connectivity index (χ4n) is 2.89. The van der Waals surface area contributed by atoms with Crippen molar-refractivity contribution in [3.05, 3.63) is 83.2 Å². The van der Waals surface area contributed by atoms with E-state index in [2.05, 4.69) is 10.3 Å². The first-order valence-electron chi connectivity index (χ1n) is 8.92. The molecule has 3 aromatic rings. The number of rotatable bonds is 7. The maximum atomic E-state index is 13.3. The summed E-state index contributed by atoms with van der Waals surface area (Å²) in [5, 5.41) is 3.20. The van der Waals surface area contributed by atoms with Crippen LogP contribution in [0, 0.1) is 5.82 Å². The van der Waals surface area contributed by atoms with E-state index in [1.165, 1.54) is 43.4 Å². The molecule has 0 saturated carbocycles. The van der Waals surface area contributed by atoms with Crippen molar-refractivity contribution in [2.45, 2.75) is 10.9 Å². The highest BCUT2D eigenvalue weighted by molar-refractivity contribution is 7.89. The monoisotopic (exact) mass is 450 g/mol. The van der Waals surface area contributed by atoms with E-state index in [1.54, 1.807) is 36.1 Å². The molecular formula is C20H20ClFN4O3S. The highest BCUT2D eigenvalue weighted by Gasteiger charge is 2.26. The quantitative estimate of drug-likeness (QED) is 0.600. The molecule has 2 aromatic carbocycles. The Bertz CT molecular complexity index is 1130.